The summed E-state index contributed by atoms with van der Waals surface area (Å²) in [7, 11) is 0. The molecular weight excluding hydrogens is 558 g/mol. The number of piperazine rings is 1. The molecule has 0 bridgehead atoms. The van der Waals surface area contributed by atoms with Gasteiger partial charge in [0.1, 0.15) is 12.4 Å². The van der Waals surface area contributed by atoms with Gasteiger partial charge in [-0.05, 0) is 50.2 Å². The zero-order valence-corrected chi connectivity index (χ0v) is 22.6. The number of likely N-dealkylation sites (tertiary alicyclic amines) is 1. The lowest BCUT2D eigenvalue weighted by molar-refractivity contribution is -0.134. The highest BCUT2D eigenvalue weighted by Crippen LogP contribution is 2.32. The largest absolute Gasteiger partial charge is 0.593 e. The van der Waals surface area contributed by atoms with Gasteiger partial charge in [-0.15, -0.1) is 4.31 Å². The van der Waals surface area contributed by atoms with Crippen LogP contribution in [0.5, 0.6) is 11.5 Å². The summed E-state index contributed by atoms with van der Waals surface area (Å²) in [5.41, 5.74) is 1.50. The molecule has 2 fully saturated rings. The summed E-state index contributed by atoms with van der Waals surface area (Å²) in [4.78, 5) is 28.3. The Morgan fingerprint density at radius 3 is 2.38 bits per heavy atom. The number of nitrogens with zero attached hydrogens (tertiary/aromatic N) is 3. The molecule has 212 valence electrons. The van der Waals surface area contributed by atoms with Gasteiger partial charge in [-0.2, -0.15) is 0 Å². The summed E-state index contributed by atoms with van der Waals surface area (Å²) < 4.78 is 54.7. The van der Waals surface area contributed by atoms with Crippen LogP contribution in [-0.4, -0.2) is 87.8 Å². The number of benzene rings is 2. The van der Waals surface area contributed by atoms with Crippen molar-refractivity contribution in [3.8, 4) is 11.5 Å². The molecule has 2 aliphatic heterocycles. The number of carbonyl (C=O) groups excluding carboxylic acids is 2. The third-order valence-corrected chi connectivity index (χ3v) is 8.26. The fourth-order valence-corrected chi connectivity index (χ4v) is 5.89. The number of amides is 2. The summed E-state index contributed by atoms with van der Waals surface area (Å²) in [6, 6.07) is 6.28. The highest BCUT2D eigenvalue weighted by atomic mass is 35.5. The maximum absolute atomic E-state index is 14.8. The zero-order valence-electron chi connectivity index (χ0n) is 21.0. The second-order valence-electron chi connectivity index (χ2n) is 9.12. The van der Waals surface area contributed by atoms with Gasteiger partial charge in [0, 0.05) is 30.2 Å². The molecule has 2 N–H and O–H groups in total. The van der Waals surface area contributed by atoms with E-state index in [4.69, 9.17) is 21.1 Å². The minimum Gasteiger partial charge on any atom is -0.593 e. The zero-order chi connectivity index (χ0) is 27.9. The Hall–Kier alpha value is -2.68. The SMILES string of the molecule is O=C(NO)[C@H]1CN(C(=O)OCCN2CCCCC2)CCN1[S+]([O-])c1cc(F)c(Oc2ccc(Cl)cc2)c(F)c1. The highest BCUT2D eigenvalue weighted by Gasteiger charge is 2.42. The molecule has 2 atom stereocenters. The lowest BCUT2D eigenvalue weighted by Gasteiger charge is -2.38. The molecule has 4 rings (SSSR count). The summed E-state index contributed by atoms with van der Waals surface area (Å²) in [5, 5.41) is 9.66. The van der Waals surface area contributed by atoms with Crippen molar-refractivity contribution >= 4 is 35.0 Å². The molecule has 0 aliphatic carbocycles. The van der Waals surface area contributed by atoms with Gasteiger partial charge < -0.3 is 18.9 Å². The molecule has 2 saturated heterocycles. The van der Waals surface area contributed by atoms with Crippen LogP contribution in [0.1, 0.15) is 19.3 Å². The van der Waals surface area contributed by atoms with E-state index >= 15 is 0 Å². The van der Waals surface area contributed by atoms with E-state index in [1.165, 1.54) is 41.1 Å². The van der Waals surface area contributed by atoms with Gasteiger partial charge >= 0.3 is 6.09 Å². The molecule has 10 nitrogen and oxygen atoms in total. The quantitative estimate of drug-likeness (QED) is 0.274. The predicted molar refractivity (Wildman–Crippen MR) is 138 cm³/mol. The Morgan fingerprint density at radius 2 is 1.74 bits per heavy atom. The van der Waals surface area contributed by atoms with Crippen LogP contribution in [0.3, 0.4) is 0 Å². The standard InChI is InChI=1S/C25H29ClF2N4O6S/c26-17-4-6-18(7-5-17)38-23-20(27)14-19(15-21(23)28)39(36)32-11-10-31(16-22(32)24(33)29-35)25(34)37-13-12-30-8-2-1-3-9-30/h4-7,14-15,22,35H,1-3,8-13,16H2,(H,29,33)/t22-,39?/m1/s1. The van der Waals surface area contributed by atoms with Crippen LogP contribution >= 0.6 is 11.6 Å². The average Bonchev–Trinajstić information content (AvgIpc) is 2.95. The Balaban J connectivity index is 1.41. The number of nitrogens with one attached hydrogen (secondary N) is 1. The van der Waals surface area contributed by atoms with Crippen molar-refractivity contribution in [2.24, 2.45) is 0 Å². The van der Waals surface area contributed by atoms with Crippen LogP contribution < -0.4 is 10.2 Å². The third kappa shape index (κ3) is 7.50. The van der Waals surface area contributed by atoms with Crippen LogP contribution in [0.2, 0.25) is 5.02 Å². The van der Waals surface area contributed by atoms with Crippen molar-refractivity contribution in [2.75, 3.05) is 45.9 Å². The first kappa shape index (κ1) is 29.3. The lowest BCUT2D eigenvalue weighted by Crippen LogP contribution is -2.61. The Kier molecular flexibility index (Phi) is 10.2. The summed E-state index contributed by atoms with van der Waals surface area (Å²) in [5.74, 6) is -3.69. The molecule has 0 aromatic heterocycles. The number of piperidine rings is 1. The van der Waals surface area contributed by atoms with Gasteiger partial charge in [0.2, 0.25) is 0 Å². The first-order chi connectivity index (χ1) is 18.8. The fraction of sp³-hybridized carbons (Fsp3) is 0.440. The first-order valence-electron chi connectivity index (χ1n) is 12.5. The number of hydroxylamine groups is 1. The average molecular weight is 587 g/mol. The van der Waals surface area contributed by atoms with E-state index in [1.807, 2.05) is 0 Å². The molecule has 1 unspecified atom stereocenters. The minimum atomic E-state index is -2.21. The van der Waals surface area contributed by atoms with Crippen LogP contribution in [-0.2, 0) is 20.9 Å². The van der Waals surface area contributed by atoms with Crippen molar-refractivity contribution in [1.82, 2.24) is 19.6 Å². The molecule has 0 saturated carbocycles. The maximum Gasteiger partial charge on any atom is 0.409 e. The molecule has 0 spiro atoms. The van der Waals surface area contributed by atoms with Gasteiger partial charge in [-0.25, -0.2) is 19.1 Å². The molecule has 39 heavy (non-hydrogen) atoms. The smallest absolute Gasteiger partial charge is 0.409 e. The molecule has 2 amide bonds. The van der Waals surface area contributed by atoms with Crippen LogP contribution in [0.15, 0.2) is 41.3 Å². The van der Waals surface area contributed by atoms with Crippen LogP contribution in [0.25, 0.3) is 0 Å². The van der Waals surface area contributed by atoms with Gasteiger partial charge in [0.15, 0.2) is 28.3 Å². The number of halogens is 3. The van der Waals surface area contributed by atoms with Crippen LogP contribution in [0, 0.1) is 11.6 Å². The fourth-order valence-electron chi connectivity index (χ4n) is 4.45. The van der Waals surface area contributed by atoms with E-state index < -0.39 is 46.8 Å². The summed E-state index contributed by atoms with van der Waals surface area (Å²) in [6.45, 7) is 2.41. The number of carbonyl (C=O) groups is 2. The third-order valence-electron chi connectivity index (χ3n) is 6.50. The second kappa shape index (κ2) is 13.6. The molecule has 2 aromatic carbocycles. The lowest BCUT2D eigenvalue weighted by atomic mass is 10.1. The topological polar surface area (TPSA) is 118 Å². The normalized spacial score (nSPS) is 19.4. The molecule has 0 radical (unpaired) electrons. The van der Waals surface area contributed by atoms with E-state index in [2.05, 4.69) is 4.90 Å². The van der Waals surface area contributed by atoms with Crippen molar-refractivity contribution in [3.05, 3.63) is 53.1 Å². The molecule has 14 heteroatoms. The van der Waals surface area contributed by atoms with E-state index in [-0.39, 0.29) is 36.9 Å². The van der Waals surface area contributed by atoms with Gasteiger partial charge in [0.25, 0.3) is 5.91 Å². The Morgan fingerprint density at radius 1 is 1.08 bits per heavy atom. The maximum atomic E-state index is 14.8. The molecule has 2 aromatic rings. The van der Waals surface area contributed by atoms with Gasteiger partial charge in [-0.1, -0.05) is 18.0 Å². The Bertz CT molecular complexity index is 1130. The Labute approximate surface area is 232 Å². The molecule has 2 heterocycles. The number of rotatable bonds is 8. The number of hydrogen-bond donors (Lipinski definition) is 2. The van der Waals surface area contributed by atoms with E-state index in [1.54, 1.807) is 0 Å². The molecular formula is C25H29ClF2N4O6S. The predicted octanol–water partition coefficient (Wildman–Crippen LogP) is 3.55. The summed E-state index contributed by atoms with van der Waals surface area (Å²) in [6.07, 6.45) is 2.76. The van der Waals surface area contributed by atoms with E-state index in [0.717, 1.165) is 42.4 Å². The van der Waals surface area contributed by atoms with Crippen LogP contribution in [0.4, 0.5) is 13.6 Å². The van der Waals surface area contributed by atoms with Crippen molar-refractivity contribution in [2.45, 2.75) is 30.2 Å². The molecule has 2 aliphatic rings. The van der Waals surface area contributed by atoms with Gasteiger partial charge in [0.05, 0.1) is 24.5 Å². The monoisotopic (exact) mass is 586 g/mol. The number of hydrogen-bond acceptors (Lipinski definition) is 8. The highest BCUT2D eigenvalue weighted by molar-refractivity contribution is 7.89. The number of ether oxygens (including phenoxy) is 2. The van der Waals surface area contributed by atoms with Crippen molar-refractivity contribution < 1.29 is 37.6 Å². The van der Waals surface area contributed by atoms with E-state index in [0.29, 0.717) is 11.6 Å². The van der Waals surface area contributed by atoms with Gasteiger partial charge in [-0.3, -0.25) is 14.9 Å². The first-order valence-corrected chi connectivity index (χ1v) is 13.9. The summed E-state index contributed by atoms with van der Waals surface area (Å²) >= 11 is 3.60. The minimum absolute atomic E-state index is 0.0478. The second-order valence-corrected chi connectivity index (χ2v) is 11.0. The van der Waals surface area contributed by atoms with Crippen molar-refractivity contribution in [3.63, 3.8) is 0 Å². The van der Waals surface area contributed by atoms with Crippen molar-refractivity contribution in [1.29, 1.82) is 0 Å². The van der Waals surface area contributed by atoms with E-state index in [9.17, 15) is 28.1 Å².